The summed E-state index contributed by atoms with van der Waals surface area (Å²) in [4.78, 5) is 23.0. The number of hydrogen-bond donors (Lipinski definition) is 1. The molecule has 1 rings (SSSR count). The van der Waals surface area contributed by atoms with Crippen molar-refractivity contribution in [2.45, 2.75) is 20.8 Å². The third kappa shape index (κ3) is 5.30. The Balaban J connectivity index is 2.78. The van der Waals surface area contributed by atoms with E-state index >= 15 is 0 Å². The first-order valence-electron chi connectivity index (χ1n) is 5.97. The predicted molar refractivity (Wildman–Crippen MR) is 79.0 cm³/mol. The second-order valence-electron chi connectivity index (χ2n) is 5.21. The molecule has 0 radical (unpaired) electrons. The molecule has 0 aliphatic rings. The van der Waals surface area contributed by atoms with Crippen molar-refractivity contribution in [1.82, 2.24) is 0 Å². The molecule has 0 saturated heterocycles. The van der Waals surface area contributed by atoms with Crippen LogP contribution in [-0.4, -0.2) is 21.9 Å². The summed E-state index contributed by atoms with van der Waals surface area (Å²) < 4.78 is 0. The Kier molecular flexibility index (Phi) is 5.36. The summed E-state index contributed by atoms with van der Waals surface area (Å²) in [6.07, 6.45) is 1.60. The second-order valence-corrected chi connectivity index (χ2v) is 6.16. The van der Waals surface area contributed by atoms with E-state index in [0.717, 1.165) is 17.3 Å². The Hall–Kier alpha value is -1.55. The fourth-order valence-corrected chi connectivity index (χ4v) is 2.20. The van der Waals surface area contributed by atoms with Crippen molar-refractivity contribution in [1.29, 1.82) is 0 Å². The monoisotopic (exact) mass is 278 g/mol. The van der Waals surface area contributed by atoms with Crippen LogP contribution in [0.25, 0.3) is 6.08 Å². The van der Waals surface area contributed by atoms with Crippen LogP contribution in [0.2, 0.25) is 0 Å². The number of aliphatic carboxylic acids is 1. The molecule has 19 heavy (non-hydrogen) atoms. The molecule has 4 heteroatoms. The van der Waals surface area contributed by atoms with Gasteiger partial charge in [0, 0.05) is 16.7 Å². The summed E-state index contributed by atoms with van der Waals surface area (Å²) in [5.74, 6) is -0.807. The number of carboxylic acids is 1. The zero-order chi connectivity index (χ0) is 14.5. The third-order valence-electron chi connectivity index (χ3n) is 2.39. The zero-order valence-corrected chi connectivity index (χ0v) is 12.2. The van der Waals surface area contributed by atoms with Gasteiger partial charge in [-0.05, 0) is 11.6 Å². The molecule has 3 nitrogen and oxygen atoms in total. The van der Waals surface area contributed by atoms with Crippen molar-refractivity contribution in [2.24, 2.45) is 5.41 Å². The summed E-state index contributed by atoms with van der Waals surface area (Å²) in [7, 11) is 0. The van der Waals surface area contributed by atoms with Crippen molar-refractivity contribution in [3.8, 4) is 0 Å². The Morgan fingerprint density at radius 1 is 1.21 bits per heavy atom. The van der Waals surface area contributed by atoms with Gasteiger partial charge in [-0.25, -0.2) is 4.79 Å². The van der Waals surface area contributed by atoms with E-state index in [1.54, 1.807) is 6.08 Å². The number of hydrogen-bond acceptors (Lipinski definition) is 3. The Labute approximate surface area is 117 Å². The Morgan fingerprint density at radius 2 is 1.79 bits per heavy atom. The fourth-order valence-electron chi connectivity index (χ4n) is 1.28. The molecule has 0 spiro atoms. The van der Waals surface area contributed by atoms with E-state index in [4.69, 9.17) is 5.11 Å². The minimum Gasteiger partial charge on any atom is -0.478 e. The summed E-state index contributed by atoms with van der Waals surface area (Å²) in [5, 5.41) is 9.15. The maximum atomic E-state index is 11.8. The molecular weight excluding hydrogens is 260 g/mol. The van der Waals surface area contributed by atoms with E-state index in [1.165, 1.54) is 0 Å². The number of rotatable bonds is 4. The quantitative estimate of drug-likeness (QED) is 0.857. The summed E-state index contributed by atoms with van der Waals surface area (Å²) in [6.45, 7) is 5.47. The van der Waals surface area contributed by atoms with Crippen molar-refractivity contribution < 1.29 is 14.7 Å². The van der Waals surface area contributed by atoms with Gasteiger partial charge in [-0.2, -0.15) is 0 Å². The molecule has 1 aromatic carbocycles. The molecule has 1 N–H and O–H groups in total. The molecule has 1 aromatic rings. The summed E-state index contributed by atoms with van der Waals surface area (Å²) in [5.41, 5.74) is 0.596. The minimum absolute atomic E-state index is 0.00675. The first kappa shape index (κ1) is 15.5. The van der Waals surface area contributed by atoms with Crippen LogP contribution in [0.3, 0.4) is 0 Å². The largest absolute Gasteiger partial charge is 0.478 e. The van der Waals surface area contributed by atoms with Crippen molar-refractivity contribution >= 4 is 28.9 Å². The second kappa shape index (κ2) is 6.57. The highest BCUT2D eigenvalue weighted by molar-refractivity contribution is 8.13. The van der Waals surface area contributed by atoms with Gasteiger partial charge in [0.25, 0.3) is 0 Å². The van der Waals surface area contributed by atoms with Gasteiger partial charge in [0.15, 0.2) is 5.12 Å². The molecule has 0 amide bonds. The van der Waals surface area contributed by atoms with Crippen molar-refractivity contribution in [3.63, 3.8) is 0 Å². The number of carbonyl (C=O) groups excluding carboxylic acids is 1. The first-order valence-corrected chi connectivity index (χ1v) is 6.95. The molecule has 102 valence electrons. The molecule has 0 fully saturated rings. The molecule has 0 atom stereocenters. The van der Waals surface area contributed by atoms with Crippen LogP contribution in [0.15, 0.2) is 35.9 Å². The summed E-state index contributed by atoms with van der Waals surface area (Å²) in [6, 6.07) is 9.23. The lowest BCUT2D eigenvalue weighted by molar-refractivity contribution is -0.132. The molecular formula is C15H18O3S. The lowest BCUT2D eigenvalue weighted by Crippen LogP contribution is -2.17. The van der Waals surface area contributed by atoms with Gasteiger partial charge in [-0.3, -0.25) is 4.79 Å². The van der Waals surface area contributed by atoms with E-state index in [-0.39, 0.29) is 16.4 Å². The van der Waals surface area contributed by atoms with Crippen molar-refractivity contribution in [2.75, 3.05) is 5.75 Å². The fraction of sp³-hybridized carbons (Fsp3) is 0.333. The molecule has 0 saturated carbocycles. The van der Waals surface area contributed by atoms with Gasteiger partial charge in [-0.1, -0.05) is 62.9 Å². The van der Waals surface area contributed by atoms with E-state index in [0.29, 0.717) is 0 Å². The molecule has 0 aliphatic carbocycles. The van der Waals surface area contributed by atoms with Crippen LogP contribution in [0, 0.1) is 5.41 Å². The lowest BCUT2D eigenvalue weighted by atomic mass is 10.00. The van der Waals surface area contributed by atoms with Crippen LogP contribution >= 0.6 is 11.8 Å². The zero-order valence-electron chi connectivity index (χ0n) is 11.3. The van der Waals surface area contributed by atoms with Gasteiger partial charge in [0.05, 0.1) is 0 Å². The lowest BCUT2D eigenvalue weighted by Gasteiger charge is -2.15. The average Bonchev–Trinajstić information content (AvgIpc) is 2.33. The van der Waals surface area contributed by atoms with Gasteiger partial charge in [-0.15, -0.1) is 0 Å². The maximum absolute atomic E-state index is 11.8. The van der Waals surface area contributed by atoms with E-state index in [9.17, 15) is 9.59 Å². The average molecular weight is 278 g/mol. The number of carbonyl (C=O) groups is 2. The number of carboxylic acid groups (broad SMARTS) is 1. The molecule has 0 bridgehead atoms. The Bertz CT molecular complexity index is 484. The standard InChI is InChI=1S/C15H18O3S/c1-15(2,3)14(18)19-10-12(13(16)17)9-11-7-5-4-6-8-11/h4-9H,10H2,1-3H3,(H,16,17). The molecule has 0 heterocycles. The van der Waals surface area contributed by atoms with Crippen LogP contribution in [0.5, 0.6) is 0 Å². The Morgan fingerprint density at radius 3 is 2.26 bits per heavy atom. The molecule has 0 aromatic heterocycles. The van der Waals surface area contributed by atoms with E-state index in [2.05, 4.69) is 0 Å². The van der Waals surface area contributed by atoms with Gasteiger partial charge in [0.1, 0.15) is 0 Å². The highest BCUT2D eigenvalue weighted by Crippen LogP contribution is 2.24. The van der Waals surface area contributed by atoms with Crippen LogP contribution < -0.4 is 0 Å². The van der Waals surface area contributed by atoms with Crippen LogP contribution in [0.1, 0.15) is 26.3 Å². The number of thioether (sulfide) groups is 1. The predicted octanol–water partition coefficient (Wildman–Crippen LogP) is 3.46. The van der Waals surface area contributed by atoms with Crippen LogP contribution in [0.4, 0.5) is 0 Å². The smallest absolute Gasteiger partial charge is 0.332 e. The maximum Gasteiger partial charge on any atom is 0.332 e. The summed E-state index contributed by atoms with van der Waals surface area (Å²) >= 11 is 1.05. The highest BCUT2D eigenvalue weighted by Gasteiger charge is 2.22. The van der Waals surface area contributed by atoms with E-state index in [1.807, 2.05) is 51.1 Å². The van der Waals surface area contributed by atoms with Crippen molar-refractivity contribution in [3.05, 3.63) is 41.5 Å². The third-order valence-corrected chi connectivity index (χ3v) is 3.72. The first-order chi connectivity index (χ1) is 8.80. The van der Waals surface area contributed by atoms with Gasteiger partial charge < -0.3 is 5.11 Å². The topological polar surface area (TPSA) is 54.4 Å². The number of benzene rings is 1. The molecule has 0 aliphatic heterocycles. The normalized spacial score (nSPS) is 12.3. The molecule has 0 unspecified atom stereocenters. The van der Waals surface area contributed by atoms with Crippen LogP contribution in [-0.2, 0) is 9.59 Å². The van der Waals surface area contributed by atoms with Gasteiger partial charge >= 0.3 is 5.97 Å². The SMILES string of the molecule is CC(C)(C)C(=O)SCC(=Cc1ccccc1)C(=O)O. The minimum atomic E-state index is -0.988. The van der Waals surface area contributed by atoms with E-state index < -0.39 is 11.4 Å². The van der Waals surface area contributed by atoms with Gasteiger partial charge in [0.2, 0.25) is 0 Å². The highest BCUT2D eigenvalue weighted by atomic mass is 32.2.